The van der Waals surface area contributed by atoms with Gasteiger partial charge < -0.3 is 10.0 Å². The van der Waals surface area contributed by atoms with E-state index in [-0.39, 0.29) is 5.60 Å². The van der Waals surface area contributed by atoms with Gasteiger partial charge in [-0.3, -0.25) is 0 Å². The summed E-state index contributed by atoms with van der Waals surface area (Å²) in [6.45, 7) is 1.17. The van der Waals surface area contributed by atoms with E-state index in [1.807, 2.05) is 0 Å². The van der Waals surface area contributed by atoms with Crippen LogP contribution in [0.5, 0.6) is 0 Å². The van der Waals surface area contributed by atoms with Gasteiger partial charge in [-0.25, -0.2) is 0 Å². The largest absolute Gasteiger partial charge is 0.388 e. The SMILES string of the molecule is CN1CCCC[C@H]1C1(O)CCCCC1. The summed E-state index contributed by atoms with van der Waals surface area (Å²) < 4.78 is 0. The van der Waals surface area contributed by atoms with E-state index in [1.165, 1.54) is 45.1 Å². The topological polar surface area (TPSA) is 23.5 Å². The fraction of sp³-hybridized carbons (Fsp3) is 1.00. The van der Waals surface area contributed by atoms with E-state index in [4.69, 9.17) is 0 Å². The molecule has 1 saturated heterocycles. The molecule has 2 rings (SSSR count). The molecule has 1 aliphatic heterocycles. The molecule has 82 valence electrons. The summed E-state index contributed by atoms with van der Waals surface area (Å²) in [5.41, 5.74) is -0.354. The van der Waals surface area contributed by atoms with E-state index in [9.17, 15) is 5.11 Å². The second-order valence-electron chi connectivity index (χ2n) is 5.16. The van der Waals surface area contributed by atoms with Crippen LogP contribution in [0.4, 0.5) is 0 Å². The quantitative estimate of drug-likeness (QED) is 0.696. The van der Waals surface area contributed by atoms with E-state index in [0.717, 1.165) is 12.8 Å². The average molecular weight is 197 g/mol. The zero-order valence-corrected chi connectivity index (χ0v) is 9.34. The van der Waals surface area contributed by atoms with Crippen molar-refractivity contribution in [1.82, 2.24) is 4.90 Å². The maximum absolute atomic E-state index is 10.6. The van der Waals surface area contributed by atoms with Gasteiger partial charge in [-0.15, -0.1) is 0 Å². The van der Waals surface area contributed by atoms with Crippen LogP contribution in [0.3, 0.4) is 0 Å². The van der Waals surface area contributed by atoms with Gasteiger partial charge in [0.1, 0.15) is 0 Å². The fourth-order valence-corrected chi connectivity index (χ4v) is 3.25. The lowest BCUT2D eigenvalue weighted by atomic mass is 9.76. The third kappa shape index (κ3) is 1.96. The fourth-order valence-electron chi connectivity index (χ4n) is 3.25. The van der Waals surface area contributed by atoms with Crippen molar-refractivity contribution in [3.63, 3.8) is 0 Å². The summed E-state index contributed by atoms with van der Waals surface area (Å²) in [5, 5.41) is 10.6. The molecule has 0 radical (unpaired) electrons. The summed E-state index contributed by atoms with van der Waals surface area (Å²) in [5.74, 6) is 0. The first-order valence-electron chi connectivity index (χ1n) is 6.15. The zero-order chi connectivity index (χ0) is 10.0. The van der Waals surface area contributed by atoms with Crippen molar-refractivity contribution >= 4 is 0 Å². The van der Waals surface area contributed by atoms with Crippen LogP contribution in [-0.4, -0.2) is 35.2 Å². The molecule has 0 aromatic rings. The summed E-state index contributed by atoms with van der Waals surface area (Å²) in [6, 6.07) is 0.441. The summed E-state index contributed by atoms with van der Waals surface area (Å²) in [7, 11) is 2.18. The molecule has 0 bridgehead atoms. The normalized spacial score (nSPS) is 34.3. The van der Waals surface area contributed by atoms with Gasteiger partial charge >= 0.3 is 0 Å². The molecule has 1 N–H and O–H groups in total. The molecule has 2 fully saturated rings. The number of aliphatic hydroxyl groups is 1. The van der Waals surface area contributed by atoms with Gasteiger partial charge in [-0.1, -0.05) is 25.7 Å². The molecule has 1 aliphatic carbocycles. The predicted molar refractivity (Wildman–Crippen MR) is 58.3 cm³/mol. The summed E-state index contributed by atoms with van der Waals surface area (Å²) in [4.78, 5) is 2.38. The van der Waals surface area contributed by atoms with Crippen LogP contribution in [0.25, 0.3) is 0 Å². The van der Waals surface area contributed by atoms with Crippen LogP contribution in [0, 0.1) is 0 Å². The molecule has 1 atom stereocenters. The maximum Gasteiger partial charge on any atom is 0.0802 e. The maximum atomic E-state index is 10.6. The Morgan fingerprint density at radius 3 is 2.43 bits per heavy atom. The minimum atomic E-state index is -0.354. The molecule has 0 aromatic carbocycles. The van der Waals surface area contributed by atoms with Crippen molar-refractivity contribution in [2.24, 2.45) is 0 Å². The molecule has 0 amide bonds. The summed E-state index contributed by atoms with van der Waals surface area (Å²) in [6.07, 6.45) is 9.64. The standard InChI is InChI=1S/C12H23NO/c1-13-10-6-3-7-11(13)12(14)8-4-2-5-9-12/h11,14H,2-10H2,1H3/t11-/m0/s1. The number of hydrogen-bond acceptors (Lipinski definition) is 2. The van der Waals surface area contributed by atoms with E-state index in [2.05, 4.69) is 11.9 Å². The molecule has 0 spiro atoms. The molecule has 14 heavy (non-hydrogen) atoms. The Kier molecular flexibility index (Phi) is 3.13. The van der Waals surface area contributed by atoms with E-state index in [0.29, 0.717) is 6.04 Å². The Hall–Kier alpha value is -0.0800. The van der Waals surface area contributed by atoms with Crippen molar-refractivity contribution in [2.45, 2.75) is 63.0 Å². The Morgan fingerprint density at radius 1 is 1.07 bits per heavy atom. The van der Waals surface area contributed by atoms with Crippen LogP contribution in [0.2, 0.25) is 0 Å². The summed E-state index contributed by atoms with van der Waals surface area (Å²) >= 11 is 0. The van der Waals surface area contributed by atoms with Crippen molar-refractivity contribution in [3.05, 3.63) is 0 Å². The molecule has 2 nitrogen and oxygen atoms in total. The second-order valence-corrected chi connectivity index (χ2v) is 5.16. The van der Waals surface area contributed by atoms with Gasteiger partial charge in [0, 0.05) is 6.04 Å². The smallest absolute Gasteiger partial charge is 0.0802 e. The first-order valence-corrected chi connectivity index (χ1v) is 6.15. The highest BCUT2D eigenvalue weighted by Crippen LogP contribution is 2.36. The minimum Gasteiger partial charge on any atom is -0.388 e. The Balaban J connectivity index is 2.02. The first-order chi connectivity index (χ1) is 6.72. The molecular weight excluding hydrogens is 174 g/mol. The number of likely N-dealkylation sites (tertiary alicyclic amines) is 1. The van der Waals surface area contributed by atoms with Gasteiger partial charge in [-0.2, -0.15) is 0 Å². The molecule has 2 heteroatoms. The highest BCUT2D eigenvalue weighted by molar-refractivity contribution is 4.95. The van der Waals surface area contributed by atoms with Crippen molar-refractivity contribution in [2.75, 3.05) is 13.6 Å². The highest BCUT2D eigenvalue weighted by Gasteiger charge is 2.40. The molecule has 0 unspecified atom stereocenters. The second kappa shape index (κ2) is 4.19. The molecular formula is C12H23NO. The van der Waals surface area contributed by atoms with Gasteiger partial charge in [0.05, 0.1) is 5.60 Å². The monoisotopic (exact) mass is 197 g/mol. The average Bonchev–Trinajstić information content (AvgIpc) is 2.19. The molecule has 2 aliphatic rings. The van der Waals surface area contributed by atoms with E-state index in [1.54, 1.807) is 0 Å². The lowest BCUT2D eigenvalue weighted by Gasteiger charge is -2.46. The Bertz CT molecular complexity index is 187. The number of piperidine rings is 1. The molecule has 1 saturated carbocycles. The first kappa shape index (κ1) is 10.4. The van der Waals surface area contributed by atoms with Gasteiger partial charge in [0.15, 0.2) is 0 Å². The van der Waals surface area contributed by atoms with Gasteiger partial charge in [-0.05, 0) is 39.3 Å². The van der Waals surface area contributed by atoms with Crippen molar-refractivity contribution < 1.29 is 5.11 Å². The van der Waals surface area contributed by atoms with Crippen LogP contribution in [0.1, 0.15) is 51.4 Å². The lowest BCUT2D eigenvalue weighted by Crippen LogP contribution is -2.54. The van der Waals surface area contributed by atoms with E-state index < -0.39 is 0 Å². The lowest BCUT2D eigenvalue weighted by molar-refractivity contribution is -0.0774. The van der Waals surface area contributed by atoms with Crippen LogP contribution < -0.4 is 0 Å². The molecule has 1 heterocycles. The Labute approximate surface area is 87.3 Å². The number of rotatable bonds is 1. The van der Waals surface area contributed by atoms with Crippen molar-refractivity contribution in [1.29, 1.82) is 0 Å². The highest BCUT2D eigenvalue weighted by atomic mass is 16.3. The minimum absolute atomic E-state index is 0.354. The number of hydrogen-bond donors (Lipinski definition) is 1. The van der Waals surface area contributed by atoms with Crippen LogP contribution >= 0.6 is 0 Å². The zero-order valence-electron chi connectivity index (χ0n) is 9.34. The predicted octanol–water partition coefficient (Wildman–Crippen LogP) is 2.17. The third-order valence-electron chi connectivity index (χ3n) is 4.11. The van der Waals surface area contributed by atoms with Crippen LogP contribution in [-0.2, 0) is 0 Å². The van der Waals surface area contributed by atoms with Crippen molar-refractivity contribution in [3.8, 4) is 0 Å². The Morgan fingerprint density at radius 2 is 1.79 bits per heavy atom. The van der Waals surface area contributed by atoms with Crippen LogP contribution in [0.15, 0.2) is 0 Å². The van der Waals surface area contributed by atoms with Gasteiger partial charge in [0.25, 0.3) is 0 Å². The van der Waals surface area contributed by atoms with E-state index >= 15 is 0 Å². The molecule has 0 aromatic heterocycles. The number of likely N-dealkylation sites (N-methyl/N-ethyl adjacent to an activating group) is 1. The third-order valence-corrected chi connectivity index (χ3v) is 4.11. The van der Waals surface area contributed by atoms with Gasteiger partial charge in [0.2, 0.25) is 0 Å². The number of nitrogens with zero attached hydrogens (tertiary/aromatic N) is 1.